The van der Waals surface area contributed by atoms with Crippen LogP contribution in [0.15, 0.2) is 36.4 Å². The number of rotatable bonds is 5. The Morgan fingerprint density at radius 3 is 2.36 bits per heavy atom. The standard InChI is InChI=1S/C20H28N2O3/c1-13(18(24)22-17-10-5-14(11-17)12-23)21-19(25)15-6-8-16(9-7-15)20(2,3)4/h5-10,13-14,17,23H,11-12H2,1-4H3,(H,21,25)(H,22,24)/t13?,14-,17+/m0/s1. The van der Waals surface area contributed by atoms with Gasteiger partial charge in [-0.1, -0.05) is 45.1 Å². The van der Waals surface area contributed by atoms with Gasteiger partial charge >= 0.3 is 0 Å². The van der Waals surface area contributed by atoms with Gasteiger partial charge in [-0.05, 0) is 36.5 Å². The van der Waals surface area contributed by atoms with Gasteiger partial charge in [-0.25, -0.2) is 0 Å². The van der Waals surface area contributed by atoms with Crippen molar-refractivity contribution in [3.8, 4) is 0 Å². The van der Waals surface area contributed by atoms with E-state index in [-0.39, 0.29) is 35.8 Å². The van der Waals surface area contributed by atoms with E-state index in [2.05, 4.69) is 31.4 Å². The van der Waals surface area contributed by atoms with Crippen LogP contribution in [0.4, 0.5) is 0 Å². The van der Waals surface area contributed by atoms with Gasteiger partial charge in [0, 0.05) is 24.1 Å². The van der Waals surface area contributed by atoms with E-state index in [1.807, 2.05) is 24.3 Å². The zero-order valence-corrected chi connectivity index (χ0v) is 15.4. The highest BCUT2D eigenvalue weighted by Gasteiger charge is 2.23. The molecule has 136 valence electrons. The molecule has 3 N–H and O–H groups in total. The number of nitrogens with one attached hydrogen (secondary N) is 2. The maximum atomic E-state index is 12.3. The Hall–Kier alpha value is -2.14. The molecule has 5 nitrogen and oxygen atoms in total. The summed E-state index contributed by atoms with van der Waals surface area (Å²) >= 11 is 0. The zero-order chi connectivity index (χ0) is 18.6. The molecule has 2 rings (SSSR count). The third-order valence-corrected chi connectivity index (χ3v) is 4.49. The molecule has 0 saturated carbocycles. The Labute approximate surface area is 149 Å². The summed E-state index contributed by atoms with van der Waals surface area (Å²) in [6.07, 6.45) is 4.49. The Bertz CT molecular complexity index is 644. The number of hydrogen-bond donors (Lipinski definition) is 3. The lowest BCUT2D eigenvalue weighted by molar-refractivity contribution is -0.123. The number of hydrogen-bond acceptors (Lipinski definition) is 3. The summed E-state index contributed by atoms with van der Waals surface area (Å²) in [6.45, 7) is 8.10. The molecule has 0 heterocycles. The molecule has 0 fully saturated rings. The molecule has 1 aliphatic carbocycles. The van der Waals surface area contributed by atoms with Crippen molar-refractivity contribution >= 4 is 11.8 Å². The minimum absolute atomic E-state index is 0.0312. The molecule has 3 atom stereocenters. The number of aliphatic hydroxyl groups is 1. The molecule has 0 spiro atoms. The van der Waals surface area contributed by atoms with Gasteiger partial charge in [-0.3, -0.25) is 9.59 Å². The van der Waals surface area contributed by atoms with Crippen LogP contribution >= 0.6 is 0 Å². The monoisotopic (exact) mass is 344 g/mol. The van der Waals surface area contributed by atoms with Gasteiger partial charge in [0.15, 0.2) is 0 Å². The molecule has 1 unspecified atom stereocenters. The highest BCUT2D eigenvalue weighted by atomic mass is 16.3. The predicted octanol–water partition coefficient (Wildman–Crippen LogP) is 2.16. The van der Waals surface area contributed by atoms with E-state index in [1.165, 1.54) is 0 Å². The average molecular weight is 344 g/mol. The molecule has 1 aromatic rings. The molecule has 2 amide bonds. The van der Waals surface area contributed by atoms with E-state index in [1.54, 1.807) is 19.1 Å². The van der Waals surface area contributed by atoms with Gasteiger partial charge in [-0.15, -0.1) is 0 Å². The van der Waals surface area contributed by atoms with Crippen molar-refractivity contribution in [2.24, 2.45) is 5.92 Å². The van der Waals surface area contributed by atoms with Crippen molar-refractivity contribution < 1.29 is 14.7 Å². The van der Waals surface area contributed by atoms with Crippen molar-refractivity contribution in [1.29, 1.82) is 0 Å². The Morgan fingerprint density at radius 2 is 1.84 bits per heavy atom. The first-order chi connectivity index (χ1) is 11.7. The molecule has 0 saturated heterocycles. The number of carbonyl (C=O) groups excluding carboxylic acids is 2. The third kappa shape index (κ3) is 5.16. The van der Waals surface area contributed by atoms with Crippen molar-refractivity contribution in [2.75, 3.05) is 6.61 Å². The first-order valence-corrected chi connectivity index (χ1v) is 8.71. The molecule has 0 aromatic heterocycles. The van der Waals surface area contributed by atoms with Crippen LogP contribution in [0.3, 0.4) is 0 Å². The van der Waals surface area contributed by atoms with Crippen LogP contribution in [0.1, 0.15) is 50.0 Å². The summed E-state index contributed by atoms with van der Waals surface area (Å²) < 4.78 is 0. The van der Waals surface area contributed by atoms with E-state index in [4.69, 9.17) is 5.11 Å². The molecule has 0 bridgehead atoms. The Balaban J connectivity index is 1.89. The number of aliphatic hydroxyl groups excluding tert-OH is 1. The fourth-order valence-electron chi connectivity index (χ4n) is 2.79. The zero-order valence-electron chi connectivity index (χ0n) is 15.4. The second kappa shape index (κ2) is 7.83. The van der Waals surface area contributed by atoms with Crippen LogP contribution in [0.2, 0.25) is 0 Å². The first-order valence-electron chi connectivity index (χ1n) is 8.71. The predicted molar refractivity (Wildman–Crippen MR) is 98.3 cm³/mol. The van der Waals surface area contributed by atoms with Crippen molar-refractivity contribution in [3.05, 3.63) is 47.5 Å². The molecule has 0 radical (unpaired) electrons. The van der Waals surface area contributed by atoms with Crippen LogP contribution < -0.4 is 10.6 Å². The summed E-state index contributed by atoms with van der Waals surface area (Å²) in [5.74, 6) is -0.400. The smallest absolute Gasteiger partial charge is 0.251 e. The van der Waals surface area contributed by atoms with Crippen LogP contribution in [0, 0.1) is 5.92 Å². The largest absolute Gasteiger partial charge is 0.396 e. The first kappa shape index (κ1) is 19.2. The fraction of sp³-hybridized carbons (Fsp3) is 0.500. The molecule has 5 heteroatoms. The molecule has 1 aromatic carbocycles. The second-order valence-electron chi connectivity index (χ2n) is 7.70. The Morgan fingerprint density at radius 1 is 1.20 bits per heavy atom. The summed E-state index contributed by atoms with van der Waals surface area (Å²) in [5, 5.41) is 14.7. The van der Waals surface area contributed by atoms with Gasteiger partial charge in [0.05, 0.1) is 0 Å². The van der Waals surface area contributed by atoms with Gasteiger partial charge in [0.1, 0.15) is 6.04 Å². The van der Waals surface area contributed by atoms with Crippen molar-refractivity contribution in [2.45, 2.75) is 51.6 Å². The van der Waals surface area contributed by atoms with Crippen LogP contribution in [0.25, 0.3) is 0 Å². The lowest BCUT2D eigenvalue weighted by atomic mass is 9.86. The quantitative estimate of drug-likeness (QED) is 0.716. The average Bonchev–Trinajstić information content (AvgIpc) is 3.01. The van der Waals surface area contributed by atoms with E-state index < -0.39 is 6.04 Å². The SMILES string of the molecule is CC(NC(=O)c1ccc(C(C)(C)C)cc1)C(=O)N[C@@H]1C=C[C@H](CO)C1. The van der Waals surface area contributed by atoms with Crippen molar-refractivity contribution in [1.82, 2.24) is 10.6 Å². The molecular weight excluding hydrogens is 316 g/mol. The maximum absolute atomic E-state index is 12.3. The Kier molecular flexibility index (Phi) is 6.01. The van der Waals surface area contributed by atoms with Gasteiger partial charge < -0.3 is 15.7 Å². The van der Waals surface area contributed by atoms with E-state index >= 15 is 0 Å². The number of carbonyl (C=O) groups is 2. The number of benzene rings is 1. The van der Waals surface area contributed by atoms with E-state index in [9.17, 15) is 9.59 Å². The molecular formula is C20H28N2O3. The second-order valence-corrected chi connectivity index (χ2v) is 7.70. The molecule has 25 heavy (non-hydrogen) atoms. The van der Waals surface area contributed by atoms with Crippen LogP contribution in [0.5, 0.6) is 0 Å². The van der Waals surface area contributed by atoms with Gasteiger partial charge in [-0.2, -0.15) is 0 Å². The normalized spacial score (nSPS) is 21.0. The van der Waals surface area contributed by atoms with Gasteiger partial charge in [0.25, 0.3) is 5.91 Å². The summed E-state index contributed by atoms with van der Waals surface area (Å²) in [4.78, 5) is 24.5. The summed E-state index contributed by atoms with van der Waals surface area (Å²) in [5.41, 5.74) is 1.72. The van der Waals surface area contributed by atoms with E-state index in [0.29, 0.717) is 12.0 Å². The topological polar surface area (TPSA) is 78.4 Å². The number of amides is 2. The molecule has 1 aliphatic rings. The lowest BCUT2D eigenvalue weighted by Crippen LogP contribution is -2.47. The minimum atomic E-state index is -0.628. The van der Waals surface area contributed by atoms with Crippen LogP contribution in [-0.2, 0) is 10.2 Å². The van der Waals surface area contributed by atoms with Crippen LogP contribution in [-0.4, -0.2) is 35.6 Å². The minimum Gasteiger partial charge on any atom is -0.396 e. The summed E-state index contributed by atoms with van der Waals surface area (Å²) in [6, 6.07) is 6.74. The highest BCUT2D eigenvalue weighted by Crippen LogP contribution is 2.22. The third-order valence-electron chi connectivity index (χ3n) is 4.49. The maximum Gasteiger partial charge on any atom is 0.251 e. The van der Waals surface area contributed by atoms with Gasteiger partial charge in [0.2, 0.25) is 5.91 Å². The fourth-order valence-corrected chi connectivity index (χ4v) is 2.79. The van der Waals surface area contributed by atoms with Crippen molar-refractivity contribution in [3.63, 3.8) is 0 Å². The summed E-state index contributed by atoms with van der Waals surface area (Å²) in [7, 11) is 0. The van der Waals surface area contributed by atoms with E-state index in [0.717, 1.165) is 5.56 Å². The highest BCUT2D eigenvalue weighted by molar-refractivity contribution is 5.97. The molecule has 0 aliphatic heterocycles. The lowest BCUT2D eigenvalue weighted by Gasteiger charge is -2.20.